The smallest absolute Gasteiger partial charge is 0.163 e. The molecule has 18 heavy (non-hydrogen) atoms. The largest absolute Gasteiger partial charge is 0.330 e. The fourth-order valence-corrected chi connectivity index (χ4v) is 2.68. The Kier molecular flexibility index (Phi) is 4.30. The molecule has 0 spiro atoms. The molecule has 2 nitrogen and oxygen atoms in total. The second-order valence-electron chi connectivity index (χ2n) is 5.06. The molecule has 1 aromatic carbocycles. The van der Waals surface area contributed by atoms with Gasteiger partial charge in [0.1, 0.15) is 0 Å². The Morgan fingerprint density at radius 3 is 2.94 bits per heavy atom. The van der Waals surface area contributed by atoms with Crippen LogP contribution in [0.3, 0.4) is 0 Å². The summed E-state index contributed by atoms with van der Waals surface area (Å²) < 4.78 is 27.0. The maximum absolute atomic E-state index is 13.8. The SMILES string of the molecule is CC(c1cccc(F)c1F)N1CCCC(CN)C1. The molecule has 2 N–H and O–H groups in total. The lowest BCUT2D eigenvalue weighted by molar-refractivity contribution is 0.132. The van der Waals surface area contributed by atoms with Gasteiger partial charge in [-0.3, -0.25) is 4.90 Å². The van der Waals surface area contributed by atoms with Crippen molar-refractivity contribution in [3.63, 3.8) is 0 Å². The zero-order chi connectivity index (χ0) is 13.1. The number of benzene rings is 1. The van der Waals surface area contributed by atoms with Crippen LogP contribution in [0.1, 0.15) is 31.4 Å². The fourth-order valence-electron chi connectivity index (χ4n) is 2.68. The quantitative estimate of drug-likeness (QED) is 0.898. The molecule has 2 atom stereocenters. The molecule has 100 valence electrons. The Bertz CT molecular complexity index is 409. The van der Waals surface area contributed by atoms with E-state index >= 15 is 0 Å². The summed E-state index contributed by atoms with van der Waals surface area (Å²) in [7, 11) is 0. The highest BCUT2D eigenvalue weighted by Crippen LogP contribution is 2.28. The van der Waals surface area contributed by atoms with E-state index in [0.29, 0.717) is 18.0 Å². The van der Waals surface area contributed by atoms with Gasteiger partial charge in [0.05, 0.1) is 0 Å². The number of hydrogen-bond donors (Lipinski definition) is 1. The molecule has 2 unspecified atom stereocenters. The average molecular weight is 254 g/mol. The summed E-state index contributed by atoms with van der Waals surface area (Å²) in [5.74, 6) is -1.02. The van der Waals surface area contributed by atoms with Crippen molar-refractivity contribution in [3.05, 3.63) is 35.4 Å². The summed E-state index contributed by atoms with van der Waals surface area (Å²) in [4.78, 5) is 2.19. The molecule has 0 bridgehead atoms. The monoisotopic (exact) mass is 254 g/mol. The van der Waals surface area contributed by atoms with Crippen molar-refractivity contribution in [2.45, 2.75) is 25.8 Å². The number of nitrogens with zero attached hydrogens (tertiary/aromatic N) is 1. The van der Waals surface area contributed by atoms with E-state index in [0.717, 1.165) is 32.0 Å². The summed E-state index contributed by atoms with van der Waals surface area (Å²) in [6.45, 7) is 4.38. The van der Waals surface area contributed by atoms with Gasteiger partial charge in [-0.25, -0.2) is 8.78 Å². The van der Waals surface area contributed by atoms with E-state index < -0.39 is 11.6 Å². The van der Waals surface area contributed by atoms with Crippen LogP contribution in [0.5, 0.6) is 0 Å². The van der Waals surface area contributed by atoms with E-state index in [2.05, 4.69) is 4.90 Å². The zero-order valence-corrected chi connectivity index (χ0v) is 10.7. The molecule has 1 aromatic rings. The molecule has 0 aromatic heterocycles. The molecule has 0 aliphatic carbocycles. The van der Waals surface area contributed by atoms with E-state index in [9.17, 15) is 8.78 Å². The highest BCUT2D eigenvalue weighted by atomic mass is 19.2. The van der Waals surface area contributed by atoms with E-state index in [-0.39, 0.29) is 6.04 Å². The van der Waals surface area contributed by atoms with Crippen LogP contribution in [0.4, 0.5) is 8.78 Å². The molecule has 1 fully saturated rings. The van der Waals surface area contributed by atoms with Gasteiger partial charge in [-0.15, -0.1) is 0 Å². The molecule has 4 heteroatoms. The minimum Gasteiger partial charge on any atom is -0.330 e. The lowest BCUT2D eigenvalue weighted by Gasteiger charge is -2.36. The van der Waals surface area contributed by atoms with Crippen LogP contribution in [0.15, 0.2) is 18.2 Å². The van der Waals surface area contributed by atoms with Gasteiger partial charge in [0.2, 0.25) is 0 Å². The van der Waals surface area contributed by atoms with Crippen molar-refractivity contribution >= 4 is 0 Å². The molecule has 0 radical (unpaired) electrons. The Labute approximate surface area is 107 Å². The lowest BCUT2D eigenvalue weighted by Crippen LogP contribution is -2.40. The molecule has 1 saturated heterocycles. The summed E-state index contributed by atoms with van der Waals surface area (Å²) >= 11 is 0. The van der Waals surface area contributed by atoms with E-state index in [1.807, 2.05) is 6.92 Å². The van der Waals surface area contributed by atoms with Crippen LogP contribution in [0.25, 0.3) is 0 Å². The number of likely N-dealkylation sites (tertiary alicyclic amines) is 1. The van der Waals surface area contributed by atoms with Crippen LogP contribution >= 0.6 is 0 Å². The third-order valence-corrected chi connectivity index (χ3v) is 3.86. The third kappa shape index (κ3) is 2.70. The third-order valence-electron chi connectivity index (χ3n) is 3.86. The van der Waals surface area contributed by atoms with Crippen LogP contribution in [-0.2, 0) is 0 Å². The summed E-state index contributed by atoms with van der Waals surface area (Å²) in [6, 6.07) is 4.28. The first-order chi connectivity index (χ1) is 8.63. The highest BCUT2D eigenvalue weighted by Gasteiger charge is 2.25. The Morgan fingerprint density at radius 1 is 1.44 bits per heavy atom. The lowest BCUT2D eigenvalue weighted by atomic mass is 9.95. The molecular formula is C14H20F2N2. The van der Waals surface area contributed by atoms with Crippen molar-refractivity contribution in [3.8, 4) is 0 Å². The maximum Gasteiger partial charge on any atom is 0.163 e. The van der Waals surface area contributed by atoms with E-state index in [1.165, 1.54) is 0 Å². The van der Waals surface area contributed by atoms with Gasteiger partial charge in [-0.1, -0.05) is 12.1 Å². The molecule has 1 aliphatic rings. The van der Waals surface area contributed by atoms with Crippen molar-refractivity contribution in [2.75, 3.05) is 19.6 Å². The first kappa shape index (κ1) is 13.4. The van der Waals surface area contributed by atoms with E-state index in [1.54, 1.807) is 12.1 Å². The molecule has 0 saturated carbocycles. The molecule has 0 amide bonds. The van der Waals surface area contributed by atoms with Gasteiger partial charge in [0, 0.05) is 18.2 Å². The normalized spacial score (nSPS) is 23.0. The van der Waals surface area contributed by atoms with Crippen molar-refractivity contribution in [2.24, 2.45) is 11.7 Å². The fraction of sp³-hybridized carbons (Fsp3) is 0.571. The van der Waals surface area contributed by atoms with Gasteiger partial charge in [-0.05, 0) is 44.8 Å². The summed E-state index contributed by atoms with van der Waals surface area (Å²) in [5.41, 5.74) is 6.14. The Morgan fingerprint density at radius 2 is 2.22 bits per heavy atom. The molecule has 1 aliphatic heterocycles. The predicted octanol–water partition coefficient (Wildman–Crippen LogP) is 2.70. The van der Waals surface area contributed by atoms with Crippen LogP contribution < -0.4 is 5.73 Å². The number of hydrogen-bond acceptors (Lipinski definition) is 2. The van der Waals surface area contributed by atoms with Crippen LogP contribution in [0.2, 0.25) is 0 Å². The average Bonchev–Trinajstić information content (AvgIpc) is 2.41. The Hall–Kier alpha value is -1.00. The number of halogens is 2. The zero-order valence-electron chi connectivity index (χ0n) is 10.7. The number of nitrogens with two attached hydrogens (primary N) is 1. The van der Waals surface area contributed by atoms with Crippen LogP contribution in [-0.4, -0.2) is 24.5 Å². The van der Waals surface area contributed by atoms with Crippen LogP contribution in [0, 0.1) is 17.6 Å². The minimum absolute atomic E-state index is 0.102. The standard InChI is InChI=1S/C14H20F2N2/c1-10(12-5-2-6-13(15)14(12)16)18-7-3-4-11(8-17)9-18/h2,5-6,10-11H,3-4,7-9,17H2,1H3. The number of rotatable bonds is 3. The summed E-state index contributed by atoms with van der Waals surface area (Å²) in [5, 5.41) is 0. The minimum atomic E-state index is -0.772. The van der Waals surface area contributed by atoms with Gasteiger partial charge < -0.3 is 5.73 Å². The highest BCUT2D eigenvalue weighted by molar-refractivity contribution is 5.22. The second kappa shape index (κ2) is 5.76. The Balaban J connectivity index is 2.15. The molecule has 2 rings (SSSR count). The topological polar surface area (TPSA) is 29.3 Å². The van der Waals surface area contributed by atoms with Gasteiger partial charge in [0.15, 0.2) is 11.6 Å². The summed E-state index contributed by atoms with van der Waals surface area (Å²) in [6.07, 6.45) is 2.20. The number of piperidine rings is 1. The first-order valence-electron chi connectivity index (χ1n) is 6.51. The van der Waals surface area contributed by atoms with Crippen molar-refractivity contribution in [1.82, 2.24) is 4.90 Å². The van der Waals surface area contributed by atoms with Crippen molar-refractivity contribution in [1.29, 1.82) is 0 Å². The predicted molar refractivity (Wildman–Crippen MR) is 68.1 cm³/mol. The maximum atomic E-state index is 13.8. The molecule has 1 heterocycles. The van der Waals surface area contributed by atoms with E-state index in [4.69, 9.17) is 5.73 Å². The van der Waals surface area contributed by atoms with Gasteiger partial charge in [0.25, 0.3) is 0 Å². The van der Waals surface area contributed by atoms with Crippen molar-refractivity contribution < 1.29 is 8.78 Å². The molecular weight excluding hydrogens is 234 g/mol. The first-order valence-corrected chi connectivity index (χ1v) is 6.51. The second-order valence-corrected chi connectivity index (χ2v) is 5.06. The van der Waals surface area contributed by atoms with Gasteiger partial charge >= 0.3 is 0 Å². The van der Waals surface area contributed by atoms with Gasteiger partial charge in [-0.2, -0.15) is 0 Å².